The number of carbonyl (C=O) groups is 3. The van der Waals surface area contributed by atoms with Crippen molar-refractivity contribution in [2.45, 2.75) is 65.1 Å². The first-order valence-electron chi connectivity index (χ1n) is 8.41. The highest BCUT2D eigenvalue weighted by atomic mass is 16.2. The molecule has 0 unspecified atom stereocenters. The zero-order valence-corrected chi connectivity index (χ0v) is 14.5. The van der Waals surface area contributed by atoms with Crippen LogP contribution in [0.25, 0.3) is 0 Å². The lowest BCUT2D eigenvalue weighted by molar-refractivity contribution is -0.133. The summed E-state index contributed by atoms with van der Waals surface area (Å²) in [6.45, 7) is 8.31. The van der Waals surface area contributed by atoms with Crippen LogP contribution in [0.2, 0.25) is 0 Å². The standard InChI is InChI=1S/C16H30N4O3/c1-5-10(4)13(20-15(22)11-7-6-8-18-11)16(23)19-12(9(2)3)14(17)21/h9-13,18H,5-8H2,1-4H3,(H2,17,21)(H,19,23)(H,20,22)/t10-,11-,12-,13-/m0/s1. The van der Waals surface area contributed by atoms with E-state index in [9.17, 15) is 14.4 Å². The predicted molar refractivity (Wildman–Crippen MR) is 88.4 cm³/mol. The van der Waals surface area contributed by atoms with Crippen LogP contribution in [-0.2, 0) is 14.4 Å². The smallest absolute Gasteiger partial charge is 0.243 e. The van der Waals surface area contributed by atoms with Crippen molar-refractivity contribution in [3.8, 4) is 0 Å². The van der Waals surface area contributed by atoms with E-state index in [0.29, 0.717) is 0 Å². The maximum absolute atomic E-state index is 12.6. The summed E-state index contributed by atoms with van der Waals surface area (Å²) in [4.78, 5) is 36.3. The fourth-order valence-electron chi connectivity index (χ4n) is 2.67. The van der Waals surface area contributed by atoms with E-state index in [1.807, 2.05) is 27.7 Å². The molecule has 0 bridgehead atoms. The van der Waals surface area contributed by atoms with Gasteiger partial charge < -0.3 is 21.7 Å². The second kappa shape index (κ2) is 8.86. The highest BCUT2D eigenvalue weighted by molar-refractivity contribution is 5.93. The minimum atomic E-state index is -0.740. The maximum atomic E-state index is 12.6. The summed E-state index contributed by atoms with van der Waals surface area (Å²) in [5.41, 5.74) is 5.34. The molecule has 0 radical (unpaired) electrons. The number of hydrogen-bond donors (Lipinski definition) is 4. The van der Waals surface area contributed by atoms with Gasteiger partial charge in [-0.1, -0.05) is 34.1 Å². The van der Waals surface area contributed by atoms with Gasteiger partial charge in [0, 0.05) is 0 Å². The second-order valence-corrected chi connectivity index (χ2v) is 6.65. The first-order chi connectivity index (χ1) is 10.8. The number of nitrogens with two attached hydrogens (primary N) is 1. The molecule has 1 aliphatic rings. The maximum Gasteiger partial charge on any atom is 0.243 e. The van der Waals surface area contributed by atoms with Gasteiger partial charge in [0.25, 0.3) is 0 Å². The number of rotatable bonds is 8. The van der Waals surface area contributed by atoms with E-state index >= 15 is 0 Å². The van der Waals surface area contributed by atoms with Crippen molar-refractivity contribution in [3.63, 3.8) is 0 Å². The van der Waals surface area contributed by atoms with Crippen LogP contribution in [0.4, 0.5) is 0 Å². The molecule has 0 aromatic heterocycles. The summed E-state index contributed by atoms with van der Waals surface area (Å²) in [7, 11) is 0. The Morgan fingerprint density at radius 2 is 1.83 bits per heavy atom. The summed E-state index contributed by atoms with van der Waals surface area (Å²) in [6.07, 6.45) is 2.46. The SMILES string of the molecule is CC[C@H](C)[C@H](NC(=O)[C@@H]1CCCN1)C(=O)N[C@H](C(N)=O)C(C)C. The van der Waals surface area contributed by atoms with Crippen LogP contribution in [0.3, 0.4) is 0 Å². The largest absolute Gasteiger partial charge is 0.368 e. The third-order valence-electron chi connectivity index (χ3n) is 4.44. The van der Waals surface area contributed by atoms with Crippen molar-refractivity contribution in [2.75, 3.05) is 6.54 Å². The molecule has 23 heavy (non-hydrogen) atoms. The van der Waals surface area contributed by atoms with E-state index in [-0.39, 0.29) is 29.7 Å². The fourth-order valence-corrected chi connectivity index (χ4v) is 2.67. The molecule has 7 nitrogen and oxygen atoms in total. The second-order valence-electron chi connectivity index (χ2n) is 6.65. The van der Waals surface area contributed by atoms with Crippen LogP contribution < -0.4 is 21.7 Å². The Labute approximate surface area is 138 Å². The van der Waals surface area contributed by atoms with Crippen molar-refractivity contribution in [1.29, 1.82) is 0 Å². The number of primary amides is 1. The van der Waals surface area contributed by atoms with Crippen molar-refractivity contribution in [3.05, 3.63) is 0 Å². The van der Waals surface area contributed by atoms with Gasteiger partial charge in [0.1, 0.15) is 12.1 Å². The van der Waals surface area contributed by atoms with E-state index in [1.54, 1.807) is 0 Å². The van der Waals surface area contributed by atoms with Crippen LogP contribution >= 0.6 is 0 Å². The van der Waals surface area contributed by atoms with Crippen LogP contribution in [-0.4, -0.2) is 42.4 Å². The zero-order valence-electron chi connectivity index (χ0n) is 14.5. The van der Waals surface area contributed by atoms with Crippen molar-refractivity contribution in [2.24, 2.45) is 17.6 Å². The Balaban J connectivity index is 2.77. The molecule has 1 heterocycles. The van der Waals surface area contributed by atoms with Crippen molar-refractivity contribution >= 4 is 17.7 Å². The lowest BCUT2D eigenvalue weighted by Crippen LogP contribution is -2.58. The highest BCUT2D eigenvalue weighted by Gasteiger charge is 2.32. The summed E-state index contributed by atoms with van der Waals surface area (Å²) >= 11 is 0. The molecule has 132 valence electrons. The molecular weight excluding hydrogens is 296 g/mol. The molecule has 5 N–H and O–H groups in total. The van der Waals surface area contributed by atoms with Crippen LogP contribution in [0.1, 0.15) is 47.0 Å². The molecule has 0 spiro atoms. The van der Waals surface area contributed by atoms with E-state index in [1.165, 1.54) is 0 Å². The molecule has 0 aliphatic carbocycles. The van der Waals surface area contributed by atoms with E-state index in [0.717, 1.165) is 25.8 Å². The van der Waals surface area contributed by atoms with Gasteiger partial charge in [-0.05, 0) is 31.2 Å². The predicted octanol–water partition coefficient (Wildman–Crippen LogP) is -0.105. The van der Waals surface area contributed by atoms with Gasteiger partial charge >= 0.3 is 0 Å². The van der Waals surface area contributed by atoms with Crippen LogP contribution in [0.15, 0.2) is 0 Å². The van der Waals surface area contributed by atoms with E-state index < -0.39 is 18.0 Å². The van der Waals surface area contributed by atoms with E-state index in [2.05, 4.69) is 16.0 Å². The molecule has 1 fully saturated rings. The molecule has 0 aromatic rings. The Morgan fingerprint density at radius 3 is 2.26 bits per heavy atom. The topological polar surface area (TPSA) is 113 Å². The normalized spacial score (nSPS) is 21.5. The molecule has 1 rings (SSSR count). The molecule has 0 aromatic carbocycles. The molecule has 7 heteroatoms. The summed E-state index contributed by atoms with van der Waals surface area (Å²) in [5, 5.41) is 8.62. The van der Waals surface area contributed by atoms with Gasteiger partial charge in [0.15, 0.2) is 0 Å². The Hall–Kier alpha value is -1.63. The zero-order chi connectivity index (χ0) is 17.6. The van der Waals surface area contributed by atoms with Crippen molar-refractivity contribution < 1.29 is 14.4 Å². The summed E-state index contributed by atoms with van der Waals surface area (Å²) in [5.74, 6) is -1.24. The van der Waals surface area contributed by atoms with Gasteiger partial charge in [-0.2, -0.15) is 0 Å². The third-order valence-corrected chi connectivity index (χ3v) is 4.44. The van der Waals surface area contributed by atoms with Crippen LogP contribution in [0.5, 0.6) is 0 Å². The lowest BCUT2D eigenvalue weighted by atomic mass is 9.96. The van der Waals surface area contributed by atoms with E-state index in [4.69, 9.17) is 5.73 Å². The van der Waals surface area contributed by atoms with Gasteiger partial charge in [-0.3, -0.25) is 14.4 Å². The fraction of sp³-hybridized carbons (Fsp3) is 0.812. The van der Waals surface area contributed by atoms with Gasteiger partial charge in [-0.15, -0.1) is 0 Å². The number of amides is 3. The van der Waals surface area contributed by atoms with Gasteiger partial charge in [-0.25, -0.2) is 0 Å². The molecular formula is C16H30N4O3. The number of hydrogen-bond acceptors (Lipinski definition) is 4. The Morgan fingerprint density at radius 1 is 1.17 bits per heavy atom. The monoisotopic (exact) mass is 326 g/mol. The first kappa shape index (κ1) is 19.4. The van der Waals surface area contributed by atoms with Gasteiger partial charge in [0.05, 0.1) is 6.04 Å². The Kier molecular flexibility index (Phi) is 7.48. The summed E-state index contributed by atoms with van der Waals surface area (Å²) in [6, 6.07) is -1.66. The number of carbonyl (C=O) groups excluding carboxylic acids is 3. The first-order valence-corrected chi connectivity index (χ1v) is 8.41. The van der Waals surface area contributed by atoms with Gasteiger partial charge in [0.2, 0.25) is 17.7 Å². The molecule has 0 saturated carbocycles. The number of nitrogens with one attached hydrogen (secondary N) is 3. The average Bonchev–Trinajstić information content (AvgIpc) is 3.02. The lowest BCUT2D eigenvalue weighted by Gasteiger charge is -2.28. The average molecular weight is 326 g/mol. The minimum Gasteiger partial charge on any atom is -0.368 e. The molecule has 1 aliphatic heterocycles. The summed E-state index contributed by atoms with van der Waals surface area (Å²) < 4.78 is 0. The molecule has 4 atom stereocenters. The molecule has 1 saturated heterocycles. The van der Waals surface area contributed by atoms with Crippen LogP contribution in [0, 0.1) is 11.8 Å². The molecule has 3 amide bonds. The Bertz CT molecular complexity index is 433. The minimum absolute atomic E-state index is 0.0407. The third kappa shape index (κ3) is 5.49. The van der Waals surface area contributed by atoms with Crippen molar-refractivity contribution in [1.82, 2.24) is 16.0 Å². The quantitative estimate of drug-likeness (QED) is 0.498. The highest BCUT2D eigenvalue weighted by Crippen LogP contribution is 2.12.